The van der Waals surface area contributed by atoms with Gasteiger partial charge in [-0.25, -0.2) is 19.0 Å². The van der Waals surface area contributed by atoms with E-state index in [9.17, 15) is 4.39 Å². The normalized spacial score (nSPS) is 10.8. The Labute approximate surface area is 102 Å². The van der Waals surface area contributed by atoms with Gasteiger partial charge in [0.1, 0.15) is 18.0 Å². The summed E-state index contributed by atoms with van der Waals surface area (Å²) in [5, 5.41) is 10.8. The summed E-state index contributed by atoms with van der Waals surface area (Å²) < 4.78 is 14.5. The largest absolute Gasteiger partial charge is 0.257 e. The molecule has 0 unspecified atom stereocenters. The van der Waals surface area contributed by atoms with E-state index in [0.29, 0.717) is 23.2 Å². The van der Waals surface area contributed by atoms with E-state index in [1.807, 2.05) is 0 Å². The molecule has 0 saturated carbocycles. The number of H-pyrrole nitrogens is 1. The fourth-order valence-electron chi connectivity index (χ4n) is 1.64. The highest BCUT2D eigenvalue weighted by Crippen LogP contribution is 2.17. The minimum absolute atomic E-state index is 0.295. The molecular weight excluding hydrogens is 235 g/mol. The number of aromatic nitrogens is 6. The van der Waals surface area contributed by atoms with Crippen LogP contribution in [-0.4, -0.2) is 29.9 Å². The second kappa shape index (κ2) is 4.02. The number of nitrogens with one attached hydrogen (secondary N) is 1. The van der Waals surface area contributed by atoms with Gasteiger partial charge in [-0.3, -0.25) is 5.10 Å². The molecule has 2 heterocycles. The lowest BCUT2D eigenvalue weighted by atomic mass is 10.3. The van der Waals surface area contributed by atoms with Gasteiger partial charge in [0.25, 0.3) is 0 Å². The number of aromatic amines is 1. The monoisotopic (exact) mass is 244 g/mol. The van der Waals surface area contributed by atoms with Crippen LogP contribution in [0.3, 0.4) is 0 Å². The van der Waals surface area contributed by atoms with Gasteiger partial charge in [-0.2, -0.15) is 10.2 Å². The topological polar surface area (TPSA) is 72.3 Å². The first-order valence-electron chi connectivity index (χ1n) is 5.29. The first-order valence-corrected chi connectivity index (χ1v) is 5.29. The number of benzene rings is 1. The van der Waals surface area contributed by atoms with Crippen molar-refractivity contribution < 1.29 is 4.39 Å². The molecule has 0 bridgehead atoms. The van der Waals surface area contributed by atoms with E-state index in [0.717, 1.165) is 0 Å². The lowest BCUT2D eigenvalue weighted by molar-refractivity contribution is 0.627. The lowest BCUT2D eigenvalue weighted by Gasteiger charge is -2.03. The van der Waals surface area contributed by atoms with Crippen LogP contribution in [0.25, 0.3) is 17.3 Å². The molecule has 3 rings (SSSR count). The standard InChI is InChI=1S/C11H9FN6/c1-7-15-11(10-13-6-14-16-10)18(17-7)9-4-2-8(12)3-5-9/h2-6H,1H3,(H,13,14,16). The van der Waals surface area contributed by atoms with Gasteiger partial charge >= 0.3 is 0 Å². The molecule has 0 saturated heterocycles. The minimum Gasteiger partial charge on any atom is -0.257 e. The van der Waals surface area contributed by atoms with Crippen LogP contribution in [-0.2, 0) is 0 Å². The summed E-state index contributed by atoms with van der Waals surface area (Å²) in [7, 11) is 0. The zero-order valence-electron chi connectivity index (χ0n) is 9.50. The van der Waals surface area contributed by atoms with Gasteiger partial charge in [0.2, 0.25) is 5.82 Å². The highest BCUT2D eigenvalue weighted by atomic mass is 19.1. The number of hydrogen-bond acceptors (Lipinski definition) is 4. The van der Waals surface area contributed by atoms with Crippen molar-refractivity contribution in [1.82, 2.24) is 29.9 Å². The van der Waals surface area contributed by atoms with Gasteiger partial charge < -0.3 is 0 Å². The second-order valence-electron chi connectivity index (χ2n) is 3.70. The number of nitrogens with zero attached hydrogens (tertiary/aromatic N) is 5. The SMILES string of the molecule is Cc1nc(-c2ncn[nH]2)n(-c2ccc(F)cc2)n1. The zero-order valence-corrected chi connectivity index (χ0v) is 9.50. The maximum atomic E-state index is 12.9. The molecule has 0 radical (unpaired) electrons. The van der Waals surface area contributed by atoms with Gasteiger partial charge in [0.05, 0.1) is 5.69 Å². The van der Waals surface area contributed by atoms with Crippen LogP contribution in [0.5, 0.6) is 0 Å². The summed E-state index contributed by atoms with van der Waals surface area (Å²) in [6.45, 7) is 1.78. The van der Waals surface area contributed by atoms with Crippen LogP contribution in [0.2, 0.25) is 0 Å². The van der Waals surface area contributed by atoms with Crippen molar-refractivity contribution in [2.24, 2.45) is 0 Å². The van der Waals surface area contributed by atoms with Crippen molar-refractivity contribution in [3.05, 3.63) is 42.2 Å². The Hall–Kier alpha value is -2.57. The van der Waals surface area contributed by atoms with Gasteiger partial charge in [-0.1, -0.05) is 0 Å². The van der Waals surface area contributed by atoms with E-state index in [4.69, 9.17) is 0 Å². The molecule has 1 N–H and O–H groups in total. The third-order valence-corrected chi connectivity index (χ3v) is 2.41. The van der Waals surface area contributed by atoms with E-state index in [2.05, 4.69) is 25.3 Å². The smallest absolute Gasteiger partial charge is 0.200 e. The molecule has 7 heteroatoms. The number of hydrogen-bond donors (Lipinski definition) is 1. The van der Waals surface area contributed by atoms with Gasteiger partial charge in [-0.15, -0.1) is 0 Å². The van der Waals surface area contributed by atoms with Crippen LogP contribution in [0.1, 0.15) is 5.82 Å². The van der Waals surface area contributed by atoms with E-state index >= 15 is 0 Å². The fourth-order valence-corrected chi connectivity index (χ4v) is 1.64. The van der Waals surface area contributed by atoms with Crippen LogP contribution in [0.15, 0.2) is 30.6 Å². The fraction of sp³-hybridized carbons (Fsp3) is 0.0909. The molecule has 0 aliphatic heterocycles. The van der Waals surface area contributed by atoms with Crippen LogP contribution >= 0.6 is 0 Å². The average molecular weight is 244 g/mol. The van der Waals surface area contributed by atoms with Crippen molar-refractivity contribution in [3.63, 3.8) is 0 Å². The summed E-state index contributed by atoms with van der Waals surface area (Å²) >= 11 is 0. The predicted octanol–water partition coefficient (Wildman–Crippen LogP) is 1.50. The molecule has 0 atom stereocenters. The van der Waals surface area contributed by atoms with E-state index in [1.54, 1.807) is 23.7 Å². The Morgan fingerprint density at radius 1 is 1.22 bits per heavy atom. The first kappa shape index (κ1) is 10.6. The average Bonchev–Trinajstić information content (AvgIpc) is 2.98. The van der Waals surface area contributed by atoms with E-state index in [-0.39, 0.29) is 5.82 Å². The van der Waals surface area contributed by atoms with Crippen LogP contribution < -0.4 is 0 Å². The quantitative estimate of drug-likeness (QED) is 0.741. The minimum atomic E-state index is -0.295. The number of halogens is 1. The Balaban J connectivity index is 2.15. The molecule has 6 nitrogen and oxygen atoms in total. The van der Waals surface area contributed by atoms with Crippen LogP contribution in [0, 0.1) is 12.7 Å². The highest BCUT2D eigenvalue weighted by molar-refractivity contribution is 5.48. The Bertz CT molecular complexity index is 655. The third kappa shape index (κ3) is 1.75. The molecule has 0 aliphatic carbocycles. The Morgan fingerprint density at radius 2 is 2.00 bits per heavy atom. The summed E-state index contributed by atoms with van der Waals surface area (Å²) in [6.07, 6.45) is 1.40. The molecule has 3 aromatic rings. The van der Waals surface area contributed by atoms with E-state index in [1.165, 1.54) is 18.5 Å². The molecule has 18 heavy (non-hydrogen) atoms. The summed E-state index contributed by atoms with van der Waals surface area (Å²) in [5.74, 6) is 1.36. The third-order valence-electron chi connectivity index (χ3n) is 2.41. The van der Waals surface area contributed by atoms with Crippen molar-refractivity contribution in [1.29, 1.82) is 0 Å². The molecule has 0 fully saturated rings. The molecule has 0 aliphatic rings. The highest BCUT2D eigenvalue weighted by Gasteiger charge is 2.13. The van der Waals surface area contributed by atoms with Gasteiger partial charge in [0, 0.05) is 0 Å². The lowest BCUT2D eigenvalue weighted by Crippen LogP contribution is -2.00. The molecule has 0 spiro atoms. The number of aryl methyl sites for hydroxylation is 1. The molecular formula is C11H9FN6. The van der Waals surface area contributed by atoms with Crippen molar-refractivity contribution in [2.75, 3.05) is 0 Å². The molecule has 1 aromatic carbocycles. The maximum Gasteiger partial charge on any atom is 0.200 e. The molecule has 2 aromatic heterocycles. The van der Waals surface area contributed by atoms with Gasteiger partial charge in [-0.05, 0) is 31.2 Å². The van der Waals surface area contributed by atoms with Crippen molar-refractivity contribution in [2.45, 2.75) is 6.92 Å². The van der Waals surface area contributed by atoms with Crippen molar-refractivity contribution in [3.8, 4) is 17.3 Å². The summed E-state index contributed by atoms with van der Waals surface area (Å²) in [4.78, 5) is 8.32. The van der Waals surface area contributed by atoms with Crippen molar-refractivity contribution >= 4 is 0 Å². The maximum absolute atomic E-state index is 12.9. The number of rotatable bonds is 2. The molecule has 0 amide bonds. The second-order valence-corrected chi connectivity index (χ2v) is 3.70. The molecule has 90 valence electrons. The Kier molecular flexibility index (Phi) is 2.36. The van der Waals surface area contributed by atoms with Crippen LogP contribution in [0.4, 0.5) is 4.39 Å². The Morgan fingerprint density at radius 3 is 2.67 bits per heavy atom. The first-order chi connectivity index (χ1) is 8.74. The summed E-state index contributed by atoms with van der Waals surface area (Å²) in [5.41, 5.74) is 0.711. The van der Waals surface area contributed by atoms with Gasteiger partial charge in [0.15, 0.2) is 5.82 Å². The van der Waals surface area contributed by atoms with E-state index < -0.39 is 0 Å². The predicted molar refractivity (Wildman–Crippen MR) is 61.4 cm³/mol. The summed E-state index contributed by atoms with van der Waals surface area (Å²) in [6, 6.07) is 6.00. The zero-order chi connectivity index (χ0) is 12.5.